The Labute approximate surface area is 125 Å². The fraction of sp³-hybridized carbons (Fsp3) is 0.533. The molecule has 0 atom stereocenters. The van der Waals surface area contributed by atoms with E-state index in [9.17, 15) is 0 Å². The highest BCUT2D eigenvalue weighted by Gasteiger charge is 2.19. The second-order valence-electron chi connectivity index (χ2n) is 4.76. The van der Waals surface area contributed by atoms with Crippen molar-refractivity contribution in [1.29, 1.82) is 0 Å². The summed E-state index contributed by atoms with van der Waals surface area (Å²) >= 11 is 1.82. The molecule has 2 rings (SSSR count). The largest absolute Gasteiger partial charge is 0.360 e. The predicted molar refractivity (Wildman–Crippen MR) is 88.9 cm³/mol. The van der Waals surface area contributed by atoms with Crippen LogP contribution in [0.15, 0.2) is 34.7 Å². The Balaban J connectivity index is 1.79. The van der Waals surface area contributed by atoms with Gasteiger partial charge >= 0.3 is 0 Å². The molecular weight excluding hydrogens is 268 g/mol. The van der Waals surface area contributed by atoms with Crippen LogP contribution in [0, 0.1) is 0 Å². The van der Waals surface area contributed by atoms with Crippen LogP contribution in [0.3, 0.4) is 0 Å². The molecule has 2 heterocycles. The molecule has 20 heavy (non-hydrogen) atoms. The minimum Gasteiger partial charge on any atom is -0.360 e. The lowest BCUT2D eigenvalue weighted by Crippen LogP contribution is -2.52. The number of nitrogens with one attached hydrogen (secondary N) is 1. The van der Waals surface area contributed by atoms with Gasteiger partial charge in [0, 0.05) is 39.8 Å². The number of rotatable bonds is 4. The van der Waals surface area contributed by atoms with Gasteiger partial charge in [-0.15, -0.1) is 11.3 Å². The summed E-state index contributed by atoms with van der Waals surface area (Å²) in [5, 5.41) is 6.95. The number of anilines is 1. The first-order valence-corrected chi connectivity index (χ1v) is 8.08. The Morgan fingerprint density at radius 1 is 1.40 bits per heavy atom. The van der Waals surface area contributed by atoms with Gasteiger partial charge in [0.2, 0.25) is 0 Å². The molecule has 0 aliphatic carbocycles. The number of nitrogens with zero attached hydrogens (tertiary/aromatic N) is 3. The maximum atomic E-state index is 4.39. The highest BCUT2D eigenvalue weighted by Crippen LogP contribution is 2.22. The molecule has 1 aromatic heterocycles. The Bertz CT molecular complexity index is 431. The fourth-order valence-corrected chi connectivity index (χ4v) is 3.14. The van der Waals surface area contributed by atoms with E-state index < -0.39 is 0 Å². The minimum atomic E-state index is 0.947. The van der Waals surface area contributed by atoms with E-state index in [4.69, 9.17) is 0 Å². The lowest BCUT2D eigenvalue weighted by Gasteiger charge is -2.37. The Morgan fingerprint density at radius 2 is 2.20 bits per heavy atom. The zero-order valence-electron chi connectivity index (χ0n) is 12.4. The molecule has 0 saturated carbocycles. The number of hydrogen-bond acceptors (Lipinski definition) is 3. The summed E-state index contributed by atoms with van der Waals surface area (Å²) in [7, 11) is 1.86. The lowest BCUT2D eigenvalue weighted by atomic mass is 10.3. The van der Waals surface area contributed by atoms with Gasteiger partial charge in [0.1, 0.15) is 0 Å². The second kappa shape index (κ2) is 7.94. The molecular formula is C15H24N4S. The molecule has 4 nitrogen and oxygen atoms in total. The zero-order valence-corrected chi connectivity index (χ0v) is 13.2. The van der Waals surface area contributed by atoms with E-state index in [-0.39, 0.29) is 0 Å². The summed E-state index contributed by atoms with van der Waals surface area (Å²) in [5.74, 6) is 1.03. The molecule has 1 N–H and O–H groups in total. The molecule has 0 radical (unpaired) electrons. The van der Waals surface area contributed by atoms with Gasteiger partial charge in [0.15, 0.2) is 5.96 Å². The van der Waals surface area contributed by atoms with Crippen molar-refractivity contribution in [2.45, 2.75) is 13.3 Å². The van der Waals surface area contributed by atoms with Crippen LogP contribution in [0.2, 0.25) is 0 Å². The van der Waals surface area contributed by atoms with Crippen molar-refractivity contribution in [1.82, 2.24) is 10.2 Å². The minimum absolute atomic E-state index is 0.947. The number of guanidine groups is 1. The number of allylic oxidation sites excluding steroid dienone is 1. The molecule has 1 aliphatic heterocycles. The zero-order chi connectivity index (χ0) is 14.2. The van der Waals surface area contributed by atoms with Crippen LogP contribution in [0.5, 0.6) is 0 Å². The molecule has 0 bridgehead atoms. The molecule has 1 aromatic rings. The molecule has 1 aliphatic rings. The van der Waals surface area contributed by atoms with E-state index in [1.165, 1.54) is 5.00 Å². The maximum Gasteiger partial charge on any atom is 0.193 e. The average Bonchev–Trinajstić information content (AvgIpc) is 3.02. The van der Waals surface area contributed by atoms with Gasteiger partial charge in [-0.05, 0) is 30.9 Å². The Kier molecular flexibility index (Phi) is 5.92. The average molecular weight is 292 g/mol. The van der Waals surface area contributed by atoms with Crippen molar-refractivity contribution < 1.29 is 0 Å². The molecule has 5 heteroatoms. The van der Waals surface area contributed by atoms with Crippen LogP contribution in [0.25, 0.3) is 0 Å². The first-order valence-electron chi connectivity index (χ1n) is 7.20. The van der Waals surface area contributed by atoms with Crippen molar-refractivity contribution in [2.75, 3.05) is 44.7 Å². The summed E-state index contributed by atoms with van der Waals surface area (Å²) < 4.78 is 0. The van der Waals surface area contributed by atoms with Crippen LogP contribution in [0.4, 0.5) is 5.00 Å². The summed E-state index contributed by atoms with van der Waals surface area (Å²) in [6.45, 7) is 7.19. The van der Waals surface area contributed by atoms with Gasteiger partial charge in [-0.1, -0.05) is 12.2 Å². The summed E-state index contributed by atoms with van der Waals surface area (Å²) in [6.07, 6.45) is 5.31. The SMILES string of the molecule is C/C=C/CCNC(=NC)N1CCN(c2cccs2)CC1. The van der Waals surface area contributed by atoms with E-state index in [1.54, 1.807) is 0 Å². The quantitative estimate of drug-likeness (QED) is 0.400. The fourth-order valence-electron chi connectivity index (χ4n) is 2.35. The molecule has 110 valence electrons. The van der Waals surface area contributed by atoms with Crippen molar-refractivity contribution in [3.63, 3.8) is 0 Å². The first-order chi connectivity index (χ1) is 9.85. The summed E-state index contributed by atoms with van der Waals surface area (Å²) in [4.78, 5) is 9.19. The van der Waals surface area contributed by atoms with Crippen LogP contribution in [0.1, 0.15) is 13.3 Å². The van der Waals surface area contributed by atoms with E-state index in [1.807, 2.05) is 18.4 Å². The van der Waals surface area contributed by atoms with Gasteiger partial charge in [0.25, 0.3) is 0 Å². The molecule has 0 aromatic carbocycles. The van der Waals surface area contributed by atoms with Crippen molar-refractivity contribution in [3.05, 3.63) is 29.7 Å². The summed E-state index contributed by atoms with van der Waals surface area (Å²) in [6, 6.07) is 4.32. The Hall–Kier alpha value is -1.49. The number of piperazine rings is 1. The van der Waals surface area contributed by atoms with Crippen LogP contribution in [-0.4, -0.2) is 50.6 Å². The third kappa shape index (κ3) is 4.00. The third-order valence-electron chi connectivity index (χ3n) is 3.44. The van der Waals surface area contributed by atoms with Gasteiger partial charge in [-0.3, -0.25) is 4.99 Å². The molecule has 0 unspecified atom stereocenters. The van der Waals surface area contributed by atoms with E-state index in [0.29, 0.717) is 0 Å². The predicted octanol–water partition coefficient (Wildman–Crippen LogP) is 2.41. The lowest BCUT2D eigenvalue weighted by molar-refractivity contribution is 0.374. The van der Waals surface area contributed by atoms with Crippen LogP contribution >= 0.6 is 11.3 Å². The topological polar surface area (TPSA) is 30.9 Å². The van der Waals surface area contributed by atoms with Gasteiger partial charge in [-0.25, -0.2) is 0 Å². The number of thiophene rings is 1. The van der Waals surface area contributed by atoms with Gasteiger partial charge in [0.05, 0.1) is 5.00 Å². The maximum absolute atomic E-state index is 4.39. The molecule has 0 spiro atoms. The first kappa shape index (κ1) is 14.9. The highest BCUT2D eigenvalue weighted by atomic mass is 32.1. The normalized spacial score (nSPS) is 17.0. The highest BCUT2D eigenvalue weighted by molar-refractivity contribution is 7.14. The van der Waals surface area contributed by atoms with Gasteiger partial charge < -0.3 is 15.1 Å². The number of hydrogen-bond donors (Lipinski definition) is 1. The van der Waals surface area contributed by atoms with Crippen LogP contribution < -0.4 is 10.2 Å². The summed E-state index contributed by atoms with van der Waals surface area (Å²) in [5.41, 5.74) is 0. The number of aliphatic imine (C=N–C) groups is 1. The van der Waals surface area contributed by atoms with E-state index in [0.717, 1.165) is 45.1 Å². The van der Waals surface area contributed by atoms with Crippen LogP contribution in [-0.2, 0) is 0 Å². The molecule has 1 saturated heterocycles. The van der Waals surface area contributed by atoms with E-state index >= 15 is 0 Å². The van der Waals surface area contributed by atoms with Gasteiger partial charge in [-0.2, -0.15) is 0 Å². The smallest absolute Gasteiger partial charge is 0.193 e. The van der Waals surface area contributed by atoms with Crippen molar-refractivity contribution in [3.8, 4) is 0 Å². The standard InChI is InChI=1S/C15H24N4S/c1-3-4-5-8-17-15(16-2)19-11-9-18(10-12-19)14-7-6-13-20-14/h3-4,6-7,13H,5,8-12H2,1-2H3,(H,16,17)/b4-3+. The Morgan fingerprint density at radius 3 is 2.80 bits per heavy atom. The van der Waals surface area contributed by atoms with Crippen molar-refractivity contribution in [2.24, 2.45) is 4.99 Å². The molecule has 0 amide bonds. The van der Waals surface area contributed by atoms with Crippen molar-refractivity contribution >= 4 is 22.3 Å². The third-order valence-corrected chi connectivity index (χ3v) is 4.37. The monoisotopic (exact) mass is 292 g/mol. The van der Waals surface area contributed by atoms with E-state index in [2.05, 4.69) is 56.7 Å². The molecule has 1 fully saturated rings. The second-order valence-corrected chi connectivity index (χ2v) is 5.68.